The maximum absolute atomic E-state index is 14.0. The molecule has 134 valence electrons. The number of nitrogens with zero attached hydrogens (tertiary/aromatic N) is 4. The molecule has 1 aliphatic rings. The minimum atomic E-state index is -0.442. The molecule has 2 aromatic heterocycles. The molecule has 0 aliphatic carbocycles. The molecular formula is C19H18ClFN4O. The normalized spacial score (nSPS) is 17.6. The molecule has 1 aliphatic heterocycles. The number of carbonyl (C=O) groups is 1. The van der Waals surface area contributed by atoms with Crippen molar-refractivity contribution in [2.75, 3.05) is 13.1 Å². The number of likely N-dealkylation sites (tertiary alicyclic amines) is 1. The number of aromatic nitrogens is 3. The molecule has 7 heteroatoms. The molecule has 1 atom stereocenters. The number of benzene rings is 1. The Hall–Kier alpha value is -2.47. The molecule has 1 aromatic carbocycles. The van der Waals surface area contributed by atoms with Crippen molar-refractivity contribution in [3.05, 3.63) is 64.8 Å². The fraction of sp³-hybridized carbons (Fsp3) is 0.316. The van der Waals surface area contributed by atoms with Gasteiger partial charge < -0.3 is 4.90 Å². The number of rotatable bonds is 3. The largest absolute Gasteiger partial charge is 0.342 e. The number of halogens is 2. The van der Waals surface area contributed by atoms with Crippen LogP contribution in [0, 0.1) is 5.82 Å². The van der Waals surface area contributed by atoms with Crippen LogP contribution in [0.1, 0.15) is 30.1 Å². The van der Waals surface area contributed by atoms with E-state index in [9.17, 15) is 9.18 Å². The molecule has 1 unspecified atom stereocenters. The van der Waals surface area contributed by atoms with Gasteiger partial charge in [0, 0.05) is 35.8 Å². The van der Waals surface area contributed by atoms with Crippen LogP contribution in [0.25, 0.3) is 5.65 Å². The van der Waals surface area contributed by atoms with Crippen LogP contribution in [0.2, 0.25) is 5.02 Å². The zero-order valence-electron chi connectivity index (χ0n) is 14.1. The predicted molar refractivity (Wildman–Crippen MR) is 96.7 cm³/mol. The number of pyridine rings is 1. The van der Waals surface area contributed by atoms with Crippen LogP contribution in [0.4, 0.5) is 4.39 Å². The van der Waals surface area contributed by atoms with E-state index in [0.717, 1.165) is 24.3 Å². The molecule has 5 nitrogen and oxygen atoms in total. The van der Waals surface area contributed by atoms with Gasteiger partial charge in [0.05, 0.1) is 6.42 Å². The lowest BCUT2D eigenvalue weighted by Gasteiger charge is -2.32. The number of fused-ring (bicyclic) bond motifs is 1. The summed E-state index contributed by atoms with van der Waals surface area (Å²) in [6.45, 7) is 1.22. The summed E-state index contributed by atoms with van der Waals surface area (Å²) in [5.41, 5.74) is 1.05. The number of hydrogen-bond acceptors (Lipinski definition) is 3. The monoisotopic (exact) mass is 372 g/mol. The van der Waals surface area contributed by atoms with Gasteiger partial charge in [0.25, 0.3) is 0 Å². The van der Waals surface area contributed by atoms with Crippen LogP contribution in [0.5, 0.6) is 0 Å². The quantitative estimate of drug-likeness (QED) is 0.707. The SMILES string of the molecule is O=C(Cc1c(F)cccc1Cl)N1CCCC(c2nnc3ccccn23)C1. The lowest BCUT2D eigenvalue weighted by atomic mass is 9.96. The smallest absolute Gasteiger partial charge is 0.227 e. The van der Waals surface area contributed by atoms with Gasteiger partial charge in [0.1, 0.15) is 11.6 Å². The molecule has 0 radical (unpaired) electrons. The van der Waals surface area contributed by atoms with Gasteiger partial charge in [0.15, 0.2) is 5.65 Å². The fourth-order valence-electron chi connectivity index (χ4n) is 3.52. The molecule has 1 amide bonds. The first kappa shape index (κ1) is 17.0. The van der Waals surface area contributed by atoms with E-state index in [2.05, 4.69) is 10.2 Å². The first-order chi connectivity index (χ1) is 12.6. The second-order valence-corrected chi connectivity index (χ2v) is 6.95. The van der Waals surface area contributed by atoms with E-state index in [1.807, 2.05) is 28.8 Å². The van der Waals surface area contributed by atoms with Crippen molar-refractivity contribution in [1.82, 2.24) is 19.5 Å². The third-order valence-electron chi connectivity index (χ3n) is 4.87. The molecule has 3 heterocycles. The summed E-state index contributed by atoms with van der Waals surface area (Å²) in [7, 11) is 0. The number of carbonyl (C=O) groups excluding carboxylic acids is 1. The van der Waals surface area contributed by atoms with Crippen LogP contribution in [0.3, 0.4) is 0 Å². The Balaban J connectivity index is 1.52. The van der Waals surface area contributed by atoms with E-state index in [1.165, 1.54) is 6.07 Å². The zero-order chi connectivity index (χ0) is 18.1. The van der Waals surface area contributed by atoms with Gasteiger partial charge in [-0.05, 0) is 37.1 Å². The van der Waals surface area contributed by atoms with Crippen molar-refractivity contribution in [1.29, 1.82) is 0 Å². The average Bonchev–Trinajstić information content (AvgIpc) is 3.09. The van der Waals surface area contributed by atoms with Crippen LogP contribution >= 0.6 is 11.6 Å². The summed E-state index contributed by atoms with van der Waals surface area (Å²) in [4.78, 5) is 14.5. The molecule has 0 bridgehead atoms. The van der Waals surface area contributed by atoms with Gasteiger partial charge in [-0.15, -0.1) is 10.2 Å². The fourth-order valence-corrected chi connectivity index (χ4v) is 3.75. The second kappa shape index (κ2) is 7.03. The maximum atomic E-state index is 14.0. The molecule has 1 fully saturated rings. The molecule has 0 N–H and O–H groups in total. The third kappa shape index (κ3) is 3.17. The van der Waals surface area contributed by atoms with Crippen molar-refractivity contribution in [3.8, 4) is 0 Å². The lowest BCUT2D eigenvalue weighted by Crippen LogP contribution is -2.40. The number of amides is 1. The average molecular weight is 373 g/mol. The van der Waals surface area contributed by atoms with E-state index >= 15 is 0 Å². The molecule has 26 heavy (non-hydrogen) atoms. The highest BCUT2D eigenvalue weighted by atomic mass is 35.5. The van der Waals surface area contributed by atoms with E-state index in [0.29, 0.717) is 13.1 Å². The summed E-state index contributed by atoms with van der Waals surface area (Å²) < 4.78 is 15.9. The molecule has 3 aromatic rings. The van der Waals surface area contributed by atoms with Crippen molar-refractivity contribution in [3.63, 3.8) is 0 Å². The minimum Gasteiger partial charge on any atom is -0.342 e. The Morgan fingerprint density at radius 1 is 1.23 bits per heavy atom. The van der Waals surface area contributed by atoms with Crippen molar-refractivity contribution in [2.45, 2.75) is 25.2 Å². The van der Waals surface area contributed by atoms with Crippen molar-refractivity contribution in [2.24, 2.45) is 0 Å². The van der Waals surface area contributed by atoms with Gasteiger partial charge in [-0.25, -0.2) is 4.39 Å². The van der Waals surface area contributed by atoms with E-state index in [4.69, 9.17) is 11.6 Å². The number of hydrogen-bond donors (Lipinski definition) is 0. The Morgan fingerprint density at radius 3 is 2.96 bits per heavy atom. The van der Waals surface area contributed by atoms with Gasteiger partial charge in [0.2, 0.25) is 5.91 Å². The standard InChI is InChI=1S/C19H18ClFN4O/c20-15-6-3-7-16(21)14(15)11-18(26)24-9-4-5-13(12-24)19-23-22-17-8-1-2-10-25(17)19/h1-3,6-8,10,13H,4-5,9,11-12H2. The van der Waals surface area contributed by atoms with Crippen LogP contribution in [-0.2, 0) is 11.2 Å². The summed E-state index contributed by atoms with van der Waals surface area (Å²) in [5, 5.41) is 8.80. The van der Waals surface area contributed by atoms with E-state index in [-0.39, 0.29) is 28.8 Å². The Bertz CT molecular complexity index is 937. The van der Waals surface area contributed by atoms with Crippen molar-refractivity contribution < 1.29 is 9.18 Å². The Morgan fingerprint density at radius 2 is 2.12 bits per heavy atom. The highest BCUT2D eigenvalue weighted by molar-refractivity contribution is 6.31. The molecule has 0 saturated carbocycles. The lowest BCUT2D eigenvalue weighted by molar-refractivity contribution is -0.131. The van der Waals surface area contributed by atoms with Crippen LogP contribution < -0.4 is 0 Å². The van der Waals surface area contributed by atoms with Gasteiger partial charge in [-0.2, -0.15) is 0 Å². The summed E-state index contributed by atoms with van der Waals surface area (Å²) in [6.07, 6.45) is 3.73. The van der Waals surface area contributed by atoms with Crippen LogP contribution in [0.15, 0.2) is 42.6 Å². The van der Waals surface area contributed by atoms with E-state index in [1.54, 1.807) is 17.0 Å². The topological polar surface area (TPSA) is 50.5 Å². The van der Waals surface area contributed by atoms with Gasteiger partial charge in [-0.3, -0.25) is 9.20 Å². The predicted octanol–water partition coefficient (Wildman–Crippen LogP) is 3.47. The highest BCUT2D eigenvalue weighted by Gasteiger charge is 2.28. The minimum absolute atomic E-state index is 0.0290. The summed E-state index contributed by atoms with van der Waals surface area (Å²) in [5.74, 6) is 0.418. The van der Waals surface area contributed by atoms with Crippen LogP contribution in [-0.4, -0.2) is 38.5 Å². The second-order valence-electron chi connectivity index (χ2n) is 6.54. The summed E-state index contributed by atoms with van der Waals surface area (Å²) >= 11 is 6.06. The Kier molecular flexibility index (Phi) is 4.59. The van der Waals surface area contributed by atoms with E-state index < -0.39 is 5.82 Å². The maximum Gasteiger partial charge on any atom is 0.227 e. The van der Waals surface area contributed by atoms with Gasteiger partial charge in [-0.1, -0.05) is 23.7 Å². The molecule has 1 saturated heterocycles. The zero-order valence-corrected chi connectivity index (χ0v) is 14.9. The highest BCUT2D eigenvalue weighted by Crippen LogP contribution is 2.27. The molecule has 0 spiro atoms. The molecule has 4 rings (SSSR count). The first-order valence-electron chi connectivity index (χ1n) is 8.64. The third-order valence-corrected chi connectivity index (χ3v) is 5.22. The first-order valence-corrected chi connectivity index (χ1v) is 9.01. The number of piperidine rings is 1. The van der Waals surface area contributed by atoms with Gasteiger partial charge >= 0.3 is 0 Å². The van der Waals surface area contributed by atoms with Crippen molar-refractivity contribution >= 4 is 23.2 Å². The Labute approximate surface area is 155 Å². The summed E-state index contributed by atoms with van der Waals surface area (Å²) in [6, 6.07) is 10.2. The molecular weight excluding hydrogens is 355 g/mol.